The second kappa shape index (κ2) is 9.82. The molecule has 1 N–H and O–H groups in total. The van der Waals surface area contributed by atoms with Crippen LogP contribution < -0.4 is 10.1 Å². The molecule has 0 saturated carbocycles. The lowest BCUT2D eigenvalue weighted by Crippen LogP contribution is -2.24. The summed E-state index contributed by atoms with van der Waals surface area (Å²) in [6.45, 7) is 1.12. The first-order valence-electron chi connectivity index (χ1n) is 6.81. The molecule has 0 saturated heterocycles. The van der Waals surface area contributed by atoms with E-state index < -0.39 is 0 Å². The van der Waals surface area contributed by atoms with E-state index in [-0.39, 0.29) is 24.9 Å². The van der Waals surface area contributed by atoms with Crippen LogP contribution in [0.5, 0.6) is 5.75 Å². The lowest BCUT2D eigenvalue weighted by atomic mass is 10.2. The number of carbonyl (C=O) groups excluding carboxylic acids is 1. The molecule has 0 bridgehead atoms. The first-order chi connectivity index (χ1) is 10.3. The molecular weight excluding hydrogens is 302 g/mol. The molecule has 0 amide bonds. The molecule has 0 fully saturated rings. The van der Waals surface area contributed by atoms with Crippen molar-refractivity contribution in [2.75, 3.05) is 13.7 Å². The van der Waals surface area contributed by atoms with Crippen molar-refractivity contribution in [2.45, 2.75) is 13.2 Å². The van der Waals surface area contributed by atoms with Gasteiger partial charge in [0.1, 0.15) is 12.4 Å². The number of hydrogen-bond donors (Lipinski definition) is 1. The Bertz CT molecular complexity index is 558. The standard InChI is InChI=1S/C17H19NO3.ClH/c1-20-16-9-7-14(8-10-16)11-18-12-17(19)21-13-15-5-3-2-4-6-15;/h2-10,18H,11-13H2,1H3;1H. The van der Waals surface area contributed by atoms with Gasteiger partial charge < -0.3 is 14.8 Å². The van der Waals surface area contributed by atoms with Gasteiger partial charge in [-0.3, -0.25) is 4.79 Å². The second-order valence-corrected chi connectivity index (χ2v) is 4.60. The monoisotopic (exact) mass is 321 g/mol. The van der Waals surface area contributed by atoms with Crippen LogP contribution in [0, 0.1) is 0 Å². The van der Waals surface area contributed by atoms with Crippen LogP contribution in [0.1, 0.15) is 11.1 Å². The van der Waals surface area contributed by atoms with Gasteiger partial charge in [0.05, 0.1) is 13.7 Å². The number of ether oxygens (including phenoxy) is 2. The van der Waals surface area contributed by atoms with Gasteiger partial charge in [-0.1, -0.05) is 42.5 Å². The molecule has 0 aliphatic heterocycles. The van der Waals surface area contributed by atoms with Crippen LogP contribution in [0.3, 0.4) is 0 Å². The minimum absolute atomic E-state index is 0. The molecule has 118 valence electrons. The Kier molecular flexibility index (Phi) is 8.04. The number of esters is 1. The minimum Gasteiger partial charge on any atom is -0.497 e. The molecule has 2 rings (SSSR count). The first-order valence-corrected chi connectivity index (χ1v) is 6.81. The highest BCUT2D eigenvalue weighted by Crippen LogP contribution is 2.10. The Hall–Kier alpha value is -2.04. The first kappa shape index (κ1) is 18.0. The molecule has 0 spiro atoms. The molecule has 22 heavy (non-hydrogen) atoms. The number of halogens is 1. The molecule has 0 aliphatic carbocycles. The van der Waals surface area contributed by atoms with Gasteiger partial charge in [0.15, 0.2) is 0 Å². The summed E-state index contributed by atoms with van der Waals surface area (Å²) in [5.41, 5.74) is 2.08. The van der Waals surface area contributed by atoms with E-state index in [1.54, 1.807) is 7.11 Å². The van der Waals surface area contributed by atoms with Crippen LogP contribution in [0.2, 0.25) is 0 Å². The van der Waals surface area contributed by atoms with E-state index in [2.05, 4.69) is 5.32 Å². The number of methoxy groups -OCH3 is 1. The van der Waals surface area contributed by atoms with E-state index in [9.17, 15) is 4.79 Å². The quantitative estimate of drug-likeness (QED) is 0.797. The molecule has 2 aromatic carbocycles. The number of rotatable bonds is 7. The van der Waals surface area contributed by atoms with Crippen molar-refractivity contribution >= 4 is 18.4 Å². The summed E-state index contributed by atoms with van der Waals surface area (Å²) in [7, 11) is 1.63. The van der Waals surface area contributed by atoms with Gasteiger partial charge in [0.2, 0.25) is 0 Å². The third-order valence-electron chi connectivity index (χ3n) is 3.00. The van der Waals surface area contributed by atoms with Crippen molar-refractivity contribution in [3.8, 4) is 5.75 Å². The van der Waals surface area contributed by atoms with Gasteiger partial charge in [0, 0.05) is 6.54 Å². The largest absolute Gasteiger partial charge is 0.497 e. The van der Waals surface area contributed by atoms with Gasteiger partial charge in [-0.15, -0.1) is 12.4 Å². The van der Waals surface area contributed by atoms with Crippen LogP contribution in [0.15, 0.2) is 54.6 Å². The Morgan fingerprint density at radius 3 is 2.32 bits per heavy atom. The molecule has 4 nitrogen and oxygen atoms in total. The number of hydrogen-bond acceptors (Lipinski definition) is 4. The highest BCUT2D eigenvalue weighted by atomic mass is 35.5. The van der Waals surface area contributed by atoms with Gasteiger partial charge in [-0.2, -0.15) is 0 Å². The topological polar surface area (TPSA) is 47.6 Å². The zero-order valence-corrected chi connectivity index (χ0v) is 13.3. The molecule has 0 aliphatic rings. The maximum Gasteiger partial charge on any atom is 0.320 e. The summed E-state index contributed by atoms with van der Waals surface area (Å²) in [6, 6.07) is 17.3. The zero-order valence-electron chi connectivity index (χ0n) is 12.5. The van der Waals surface area contributed by atoms with Crippen LogP contribution in [-0.2, 0) is 22.7 Å². The smallest absolute Gasteiger partial charge is 0.320 e. The molecular formula is C17H20ClNO3. The molecule has 0 atom stereocenters. The van der Waals surface area contributed by atoms with Gasteiger partial charge in [-0.05, 0) is 23.3 Å². The van der Waals surface area contributed by atoms with E-state index in [0.717, 1.165) is 16.9 Å². The van der Waals surface area contributed by atoms with E-state index in [0.29, 0.717) is 13.2 Å². The van der Waals surface area contributed by atoms with Crippen LogP contribution in [0.4, 0.5) is 0 Å². The molecule has 5 heteroatoms. The van der Waals surface area contributed by atoms with Gasteiger partial charge in [0.25, 0.3) is 0 Å². The molecule has 0 aromatic heterocycles. The Balaban J connectivity index is 0.00000242. The summed E-state index contributed by atoms with van der Waals surface area (Å²) in [5.74, 6) is 0.563. The summed E-state index contributed by atoms with van der Waals surface area (Å²) in [5, 5.41) is 3.06. The normalized spacial score (nSPS) is 9.68. The number of carbonyl (C=O) groups is 1. The average Bonchev–Trinajstić information content (AvgIpc) is 2.54. The van der Waals surface area contributed by atoms with Crippen molar-refractivity contribution in [1.29, 1.82) is 0 Å². The maximum absolute atomic E-state index is 11.6. The highest BCUT2D eigenvalue weighted by molar-refractivity contribution is 5.85. The fraction of sp³-hybridized carbons (Fsp3) is 0.235. The Labute approximate surface area is 136 Å². The van der Waals surface area contributed by atoms with E-state index in [1.165, 1.54) is 0 Å². The highest BCUT2D eigenvalue weighted by Gasteiger charge is 2.03. The third kappa shape index (κ3) is 6.16. The van der Waals surface area contributed by atoms with Crippen LogP contribution >= 0.6 is 12.4 Å². The Morgan fingerprint density at radius 2 is 1.68 bits per heavy atom. The summed E-state index contributed by atoms with van der Waals surface area (Å²) < 4.78 is 10.3. The van der Waals surface area contributed by atoms with Gasteiger partial charge in [-0.25, -0.2) is 0 Å². The molecule has 0 heterocycles. The van der Waals surface area contributed by atoms with E-state index in [4.69, 9.17) is 9.47 Å². The average molecular weight is 322 g/mol. The predicted molar refractivity (Wildman–Crippen MR) is 88.2 cm³/mol. The SMILES string of the molecule is COc1ccc(CNCC(=O)OCc2ccccc2)cc1.Cl. The maximum atomic E-state index is 11.6. The lowest BCUT2D eigenvalue weighted by molar-refractivity contribution is -0.143. The predicted octanol–water partition coefficient (Wildman–Crippen LogP) is 2.95. The van der Waals surface area contributed by atoms with Crippen molar-refractivity contribution in [3.63, 3.8) is 0 Å². The van der Waals surface area contributed by atoms with Crippen LogP contribution in [0.25, 0.3) is 0 Å². The lowest BCUT2D eigenvalue weighted by Gasteiger charge is -2.07. The summed E-state index contributed by atoms with van der Waals surface area (Å²) in [6.07, 6.45) is 0. The summed E-state index contributed by atoms with van der Waals surface area (Å²) >= 11 is 0. The van der Waals surface area contributed by atoms with E-state index in [1.807, 2.05) is 54.6 Å². The summed E-state index contributed by atoms with van der Waals surface area (Å²) in [4.78, 5) is 11.6. The fourth-order valence-electron chi connectivity index (χ4n) is 1.84. The Morgan fingerprint density at radius 1 is 1.00 bits per heavy atom. The minimum atomic E-state index is -0.257. The fourth-order valence-corrected chi connectivity index (χ4v) is 1.84. The number of nitrogens with one attached hydrogen (secondary N) is 1. The van der Waals surface area contributed by atoms with Crippen LogP contribution in [-0.4, -0.2) is 19.6 Å². The second-order valence-electron chi connectivity index (χ2n) is 4.60. The van der Waals surface area contributed by atoms with Gasteiger partial charge >= 0.3 is 5.97 Å². The van der Waals surface area contributed by atoms with E-state index >= 15 is 0 Å². The number of benzene rings is 2. The van der Waals surface area contributed by atoms with Crippen molar-refractivity contribution in [1.82, 2.24) is 5.32 Å². The molecule has 2 aromatic rings. The van der Waals surface area contributed by atoms with Crippen molar-refractivity contribution < 1.29 is 14.3 Å². The van der Waals surface area contributed by atoms with Crippen molar-refractivity contribution in [2.24, 2.45) is 0 Å². The zero-order chi connectivity index (χ0) is 14.9. The molecule has 0 unspecified atom stereocenters. The third-order valence-corrected chi connectivity index (χ3v) is 3.00. The van der Waals surface area contributed by atoms with Crippen molar-refractivity contribution in [3.05, 3.63) is 65.7 Å². The molecule has 0 radical (unpaired) electrons.